The Morgan fingerprint density at radius 3 is 1.59 bits per heavy atom. The molecule has 0 heterocycles. The zero-order valence-corrected chi connectivity index (χ0v) is 25.2. The van der Waals surface area contributed by atoms with Crippen LogP contribution in [-0.4, -0.2) is 42.7 Å². The van der Waals surface area contributed by atoms with Gasteiger partial charge in [-0.3, -0.25) is 4.79 Å². The van der Waals surface area contributed by atoms with Crippen LogP contribution in [0.4, 0.5) is 9.59 Å². The van der Waals surface area contributed by atoms with E-state index in [1.165, 1.54) is 0 Å². The number of benzene rings is 3. The minimum atomic E-state index is -0.980. The van der Waals surface area contributed by atoms with Gasteiger partial charge in [-0.2, -0.15) is 0 Å². The number of hydrogen-bond acceptors (Lipinski definition) is 7. The molecule has 0 radical (unpaired) electrons. The summed E-state index contributed by atoms with van der Waals surface area (Å²) in [6, 6.07) is 25.9. The lowest BCUT2D eigenvalue weighted by molar-refractivity contribution is -0.150. The number of amides is 3. The highest BCUT2D eigenvalue weighted by molar-refractivity contribution is 5.89. The van der Waals surface area contributed by atoms with Gasteiger partial charge in [-0.05, 0) is 41.9 Å². The highest BCUT2D eigenvalue weighted by Crippen LogP contribution is 2.10. The second-order valence-electron chi connectivity index (χ2n) is 10.6. The summed E-state index contributed by atoms with van der Waals surface area (Å²) in [5.74, 6) is -1.37. The van der Waals surface area contributed by atoms with Crippen molar-refractivity contribution >= 4 is 24.1 Å². The molecular formula is C34H41N3O7. The van der Waals surface area contributed by atoms with Gasteiger partial charge in [0.15, 0.2) is 0 Å². The molecule has 0 aliphatic rings. The van der Waals surface area contributed by atoms with Crippen molar-refractivity contribution in [2.75, 3.05) is 6.54 Å². The summed E-state index contributed by atoms with van der Waals surface area (Å²) in [6.07, 6.45) is -0.0426. The smallest absolute Gasteiger partial charge is 0.408 e. The molecule has 3 N–H and O–H groups in total. The molecule has 3 rings (SSSR count). The van der Waals surface area contributed by atoms with Gasteiger partial charge >= 0.3 is 18.2 Å². The SMILES string of the molecule is CC(C)[C@@H](NC(=O)[C@@H](CCCCNC(=O)OCc1ccccc1)NC(=O)OCc1ccccc1)C(=O)OCc1ccccc1. The molecule has 0 aliphatic carbocycles. The highest BCUT2D eigenvalue weighted by Gasteiger charge is 2.30. The number of carbonyl (C=O) groups excluding carboxylic acids is 4. The van der Waals surface area contributed by atoms with Gasteiger partial charge in [0.2, 0.25) is 5.91 Å². The standard InChI is InChI=1S/C34H41N3O7/c1-25(2)30(32(39)42-22-26-14-6-3-7-15-26)37-31(38)29(36-34(41)44-24-28-18-10-5-11-19-28)20-12-13-21-35-33(40)43-23-27-16-8-4-9-17-27/h3-11,14-19,25,29-30H,12-13,20-24H2,1-2H3,(H,35,40)(H,36,41)(H,37,38)/t29-,30-/m1/s1. The number of ether oxygens (including phenoxy) is 3. The van der Waals surface area contributed by atoms with E-state index in [-0.39, 0.29) is 32.2 Å². The van der Waals surface area contributed by atoms with Crippen LogP contribution in [0.25, 0.3) is 0 Å². The molecule has 44 heavy (non-hydrogen) atoms. The number of hydrogen-bond donors (Lipinski definition) is 3. The van der Waals surface area contributed by atoms with Crippen molar-refractivity contribution in [3.8, 4) is 0 Å². The van der Waals surface area contributed by atoms with Crippen LogP contribution >= 0.6 is 0 Å². The summed E-state index contributed by atoms with van der Waals surface area (Å²) in [6.45, 7) is 4.20. The van der Waals surface area contributed by atoms with E-state index in [0.717, 1.165) is 16.7 Å². The van der Waals surface area contributed by atoms with E-state index in [2.05, 4.69) is 16.0 Å². The van der Waals surface area contributed by atoms with Gasteiger partial charge in [0.1, 0.15) is 31.9 Å². The fourth-order valence-electron chi connectivity index (χ4n) is 4.18. The highest BCUT2D eigenvalue weighted by atomic mass is 16.6. The van der Waals surface area contributed by atoms with Crippen LogP contribution in [-0.2, 0) is 43.6 Å². The van der Waals surface area contributed by atoms with E-state index in [1.54, 1.807) is 13.8 Å². The van der Waals surface area contributed by atoms with Crippen LogP contribution < -0.4 is 16.0 Å². The van der Waals surface area contributed by atoms with E-state index in [1.807, 2.05) is 91.0 Å². The lowest BCUT2D eigenvalue weighted by Crippen LogP contribution is -2.53. The molecule has 3 aromatic carbocycles. The van der Waals surface area contributed by atoms with Crippen LogP contribution in [0.5, 0.6) is 0 Å². The molecule has 0 saturated heterocycles. The van der Waals surface area contributed by atoms with Gasteiger partial charge < -0.3 is 30.2 Å². The quantitative estimate of drug-likeness (QED) is 0.116. The van der Waals surface area contributed by atoms with Gasteiger partial charge in [-0.1, -0.05) is 105 Å². The Hall–Kier alpha value is -4.86. The minimum absolute atomic E-state index is 0.0382. The molecule has 3 amide bonds. The van der Waals surface area contributed by atoms with Crippen molar-refractivity contribution in [1.82, 2.24) is 16.0 Å². The number of rotatable bonds is 16. The zero-order valence-electron chi connectivity index (χ0n) is 25.2. The van der Waals surface area contributed by atoms with Crippen molar-refractivity contribution in [2.24, 2.45) is 5.92 Å². The third-order valence-corrected chi connectivity index (χ3v) is 6.67. The van der Waals surface area contributed by atoms with Gasteiger partial charge in [-0.25, -0.2) is 14.4 Å². The summed E-state index contributed by atoms with van der Waals surface area (Å²) in [4.78, 5) is 50.9. The Balaban J connectivity index is 1.52. The summed E-state index contributed by atoms with van der Waals surface area (Å²) < 4.78 is 16.0. The third kappa shape index (κ3) is 12.6. The van der Waals surface area contributed by atoms with Crippen LogP contribution in [0, 0.1) is 5.92 Å². The summed E-state index contributed by atoms with van der Waals surface area (Å²) >= 11 is 0. The van der Waals surface area contributed by atoms with Gasteiger partial charge in [-0.15, -0.1) is 0 Å². The lowest BCUT2D eigenvalue weighted by Gasteiger charge is -2.24. The maximum atomic E-state index is 13.4. The Kier molecular flexibility index (Phi) is 14.2. The number of esters is 1. The number of unbranched alkanes of at least 4 members (excludes halogenated alkanes) is 1. The predicted octanol–water partition coefficient (Wildman–Crippen LogP) is 5.26. The molecule has 2 atom stereocenters. The lowest BCUT2D eigenvalue weighted by atomic mass is 10.0. The van der Waals surface area contributed by atoms with Crippen LogP contribution in [0.1, 0.15) is 49.8 Å². The fraction of sp³-hybridized carbons (Fsp3) is 0.353. The third-order valence-electron chi connectivity index (χ3n) is 6.67. The number of alkyl carbamates (subject to hydrolysis) is 2. The molecule has 0 unspecified atom stereocenters. The topological polar surface area (TPSA) is 132 Å². The Labute approximate surface area is 258 Å². The first-order valence-corrected chi connectivity index (χ1v) is 14.7. The average molecular weight is 604 g/mol. The normalized spacial score (nSPS) is 12.0. The maximum Gasteiger partial charge on any atom is 0.408 e. The number of nitrogens with one attached hydrogen (secondary N) is 3. The van der Waals surface area contributed by atoms with E-state index in [4.69, 9.17) is 14.2 Å². The molecule has 10 nitrogen and oxygen atoms in total. The van der Waals surface area contributed by atoms with Crippen LogP contribution in [0.2, 0.25) is 0 Å². The Morgan fingerprint density at radius 1 is 0.614 bits per heavy atom. The Morgan fingerprint density at radius 2 is 1.09 bits per heavy atom. The van der Waals surface area contributed by atoms with Gasteiger partial charge in [0.25, 0.3) is 0 Å². The van der Waals surface area contributed by atoms with Crippen molar-refractivity contribution in [1.29, 1.82) is 0 Å². The summed E-state index contributed by atoms with van der Waals surface area (Å²) in [5.41, 5.74) is 2.51. The van der Waals surface area contributed by atoms with Crippen molar-refractivity contribution in [3.63, 3.8) is 0 Å². The molecule has 0 aromatic heterocycles. The summed E-state index contributed by atoms with van der Waals surface area (Å²) in [5, 5.41) is 8.07. The van der Waals surface area contributed by atoms with Gasteiger partial charge in [0, 0.05) is 6.54 Å². The van der Waals surface area contributed by atoms with E-state index in [0.29, 0.717) is 19.4 Å². The monoisotopic (exact) mass is 603 g/mol. The first-order chi connectivity index (χ1) is 21.3. The van der Waals surface area contributed by atoms with E-state index < -0.39 is 36.1 Å². The second kappa shape index (κ2) is 18.6. The van der Waals surface area contributed by atoms with Crippen molar-refractivity contribution in [3.05, 3.63) is 108 Å². The second-order valence-corrected chi connectivity index (χ2v) is 10.6. The molecular weight excluding hydrogens is 562 g/mol. The van der Waals surface area contributed by atoms with Crippen molar-refractivity contribution < 1.29 is 33.4 Å². The largest absolute Gasteiger partial charge is 0.459 e. The van der Waals surface area contributed by atoms with Crippen molar-refractivity contribution in [2.45, 2.75) is 65.0 Å². The number of carbonyl (C=O) groups is 4. The maximum absolute atomic E-state index is 13.4. The van der Waals surface area contributed by atoms with Crippen LogP contribution in [0.15, 0.2) is 91.0 Å². The average Bonchev–Trinajstić information content (AvgIpc) is 3.04. The molecule has 3 aromatic rings. The molecule has 10 heteroatoms. The zero-order chi connectivity index (χ0) is 31.6. The summed E-state index contributed by atoms with van der Waals surface area (Å²) in [7, 11) is 0. The first-order valence-electron chi connectivity index (χ1n) is 14.7. The Bertz CT molecular complexity index is 1300. The minimum Gasteiger partial charge on any atom is -0.459 e. The van der Waals surface area contributed by atoms with E-state index in [9.17, 15) is 19.2 Å². The molecule has 0 saturated carbocycles. The van der Waals surface area contributed by atoms with Crippen LogP contribution in [0.3, 0.4) is 0 Å². The molecule has 234 valence electrons. The van der Waals surface area contributed by atoms with E-state index >= 15 is 0 Å². The molecule has 0 aliphatic heterocycles. The van der Waals surface area contributed by atoms with Gasteiger partial charge in [0.05, 0.1) is 0 Å². The molecule has 0 bridgehead atoms. The predicted molar refractivity (Wildman–Crippen MR) is 165 cm³/mol. The molecule has 0 fully saturated rings. The fourth-order valence-corrected chi connectivity index (χ4v) is 4.18. The molecule has 0 spiro atoms. The first kappa shape index (κ1) is 33.6.